The fraction of sp³-hybridized carbons (Fsp3) is 0.588. The highest BCUT2D eigenvalue weighted by molar-refractivity contribution is 7.09. The Kier molecular flexibility index (Phi) is 5.30. The van der Waals surface area contributed by atoms with Gasteiger partial charge in [0.05, 0.1) is 23.4 Å². The van der Waals surface area contributed by atoms with Gasteiger partial charge in [-0.3, -0.25) is 9.69 Å². The van der Waals surface area contributed by atoms with E-state index >= 15 is 0 Å². The molecule has 1 aliphatic rings. The highest BCUT2D eigenvalue weighted by atomic mass is 32.1. The van der Waals surface area contributed by atoms with E-state index in [1.807, 2.05) is 11.8 Å². The van der Waals surface area contributed by atoms with E-state index < -0.39 is 0 Å². The summed E-state index contributed by atoms with van der Waals surface area (Å²) < 4.78 is 5.53. The number of rotatable bonds is 6. The zero-order valence-electron chi connectivity index (χ0n) is 14.5. The summed E-state index contributed by atoms with van der Waals surface area (Å²) in [4.78, 5) is 25.2. The Morgan fingerprint density at radius 3 is 3.00 bits per heavy atom. The van der Waals surface area contributed by atoms with Crippen LogP contribution in [0.5, 0.6) is 0 Å². The van der Waals surface area contributed by atoms with Gasteiger partial charge in [0.25, 0.3) is 0 Å². The minimum absolute atomic E-state index is 0.0691. The Morgan fingerprint density at radius 2 is 2.38 bits per heavy atom. The second kappa shape index (κ2) is 7.44. The second-order valence-electron chi connectivity index (χ2n) is 6.28. The lowest BCUT2D eigenvalue weighted by molar-refractivity contribution is -0.132. The van der Waals surface area contributed by atoms with Crippen LogP contribution in [0, 0.1) is 6.92 Å². The number of oxazole rings is 1. The van der Waals surface area contributed by atoms with E-state index in [0.29, 0.717) is 12.4 Å². The molecule has 1 saturated heterocycles. The van der Waals surface area contributed by atoms with Gasteiger partial charge in [-0.05, 0) is 19.8 Å². The number of aryl methyl sites for hydroxylation is 2. The first-order valence-corrected chi connectivity index (χ1v) is 9.27. The molecule has 3 heterocycles. The highest BCUT2D eigenvalue weighted by Gasteiger charge is 2.30. The van der Waals surface area contributed by atoms with Crippen LogP contribution in [0.1, 0.15) is 42.6 Å². The van der Waals surface area contributed by atoms with Gasteiger partial charge in [-0.15, -0.1) is 11.3 Å². The number of likely N-dealkylation sites (tertiary alicyclic amines) is 1. The minimum Gasteiger partial charge on any atom is -0.444 e. The van der Waals surface area contributed by atoms with Gasteiger partial charge in [0, 0.05) is 38.0 Å². The van der Waals surface area contributed by atoms with Gasteiger partial charge in [0.2, 0.25) is 11.8 Å². The molecule has 1 unspecified atom stereocenters. The van der Waals surface area contributed by atoms with Gasteiger partial charge in [-0.25, -0.2) is 9.97 Å². The number of nitrogens with zero attached hydrogens (tertiary/aromatic N) is 4. The van der Waals surface area contributed by atoms with E-state index in [4.69, 9.17) is 4.42 Å². The van der Waals surface area contributed by atoms with Crippen molar-refractivity contribution in [2.45, 2.75) is 52.7 Å². The van der Waals surface area contributed by atoms with Gasteiger partial charge in [-0.1, -0.05) is 6.92 Å². The largest absolute Gasteiger partial charge is 0.444 e. The van der Waals surface area contributed by atoms with Crippen LogP contribution in [0.25, 0.3) is 0 Å². The molecule has 0 aliphatic carbocycles. The summed E-state index contributed by atoms with van der Waals surface area (Å²) in [6.07, 6.45) is 3.66. The van der Waals surface area contributed by atoms with E-state index in [2.05, 4.69) is 27.2 Å². The Morgan fingerprint density at radius 1 is 1.54 bits per heavy atom. The van der Waals surface area contributed by atoms with Crippen molar-refractivity contribution in [3.05, 3.63) is 33.9 Å². The van der Waals surface area contributed by atoms with Crippen molar-refractivity contribution in [3.63, 3.8) is 0 Å². The van der Waals surface area contributed by atoms with E-state index in [0.717, 1.165) is 43.9 Å². The van der Waals surface area contributed by atoms with Gasteiger partial charge >= 0.3 is 0 Å². The maximum Gasteiger partial charge on any atom is 0.220 e. The predicted octanol–water partition coefficient (Wildman–Crippen LogP) is 2.62. The van der Waals surface area contributed by atoms with Crippen LogP contribution in [0.2, 0.25) is 0 Å². The number of amides is 1. The van der Waals surface area contributed by atoms with Gasteiger partial charge < -0.3 is 9.32 Å². The molecule has 0 bridgehead atoms. The Bertz CT molecular complexity index is 696. The molecule has 3 rings (SSSR count). The van der Waals surface area contributed by atoms with E-state index in [9.17, 15) is 4.79 Å². The van der Waals surface area contributed by atoms with Crippen molar-refractivity contribution in [1.29, 1.82) is 0 Å². The van der Waals surface area contributed by atoms with Crippen LogP contribution in [0.15, 0.2) is 16.0 Å². The Balaban J connectivity index is 1.60. The molecule has 0 radical (unpaired) electrons. The molecule has 0 saturated carbocycles. The molecule has 2 aromatic rings. The van der Waals surface area contributed by atoms with Crippen molar-refractivity contribution in [2.24, 2.45) is 0 Å². The zero-order chi connectivity index (χ0) is 17.1. The molecule has 1 atom stereocenters. The third-order valence-electron chi connectivity index (χ3n) is 4.35. The van der Waals surface area contributed by atoms with Crippen LogP contribution in [-0.4, -0.2) is 44.8 Å². The fourth-order valence-electron chi connectivity index (χ4n) is 3.14. The molecule has 2 aromatic heterocycles. The molecular weight excluding hydrogens is 324 g/mol. The summed E-state index contributed by atoms with van der Waals surface area (Å²) in [6, 6.07) is 0.207. The molecule has 6 nitrogen and oxygen atoms in total. The number of aromatic nitrogens is 2. The van der Waals surface area contributed by atoms with Crippen LogP contribution in [0.3, 0.4) is 0 Å². The third-order valence-corrected chi connectivity index (χ3v) is 5.40. The van der Waals surface area contributed by atoms with Gasteiger partial charge in [0.1, 0.15) is 5.76 Å². The summed E-state index contributed by atoms with van der Waals surface area (Å²) in [6.45, 7) is 8.77. The first-order chi connectivity index (χ1) is 11.5. The van der Waals surface area contributed by atoms with Crippen molar-refractivity contribution in [2.75, 3.05) is 13.1 Å². The number of hydrogen-bond acceptors (Lipinski definition) is 6. The molecular formula is C17H24N4O2S. The zero-order valence-corrected chi connectivity index (χ0v) is 15.3. The van der Waals surface area contributed by atoms with Crippen LogP contribution in [-0.2, 0) is 24.3 Å². The molecule has 24 heavy (non-hydrogen) atoms. The maximum atomic E-state index is 12.1. The second-order valence-corrected chi connectivity index (χ2v) is 7.22. The smallest absolute Gasteiger partial charge is 0.220 e. The van der Waals surface area contributed by atoms with E-state index in [1.54, 1.807) is 24.5 Å². The fourth-order valence-corrected chi connectivity index (χ4v) is 3.88. The number of carbonyl (C=O) groups excluding carboxylic acids is 1. The summed E-state index contributed by atoms with van der Waals surface area (Å²) >= 11 is 1.73. The summed E-state index contributed by atoms with van der Waals surface area (Å²) in [5, 5.41) is 3.33. The summed E-state index contributed by atoms with van der Waals surface area (Å²) in [7, 11) is 0. The quantitative estimate of drug-likeness (QED) is 0.803. The standard InChI is InChI=1S/C17H24N4O2S/c1-4-17-19-14(11-24-17)8-20-6-5-15(9-20)21(13(3)22)10-16-18-7-12(2)23-16/h7,11,15H,4-6,8-10H2,1-3H3. The molecule has 1 fully saturated rings. The Hall–Kier alpha value is -1.73. The lowest BCUT2D eigenvalue weighted by Crippen LogP contribution is -2.40. The number of thiazole rings is 1. The number of hydrogen-bond donors (Lipinski definition) is 0. The van der Waals surface area contributed by atoms with Gasteiger partial charge in [0.15, 0.2) is 0 Å². The molecule has 0 N–H and O–H groups in total. The van der Waals surface area contributed by atoms with Crippen LogP contribution in [0.4, 0.5) is 0 Å². The van der Waals surface area contributed by atoms with E-state index in [-0.39, 0.29) is 11.9 Å². The van der Waals surface area contributed by atoms with Gasteiger partial charge in [-0.2, -0.15) is 0 Å². The summed E-state index contributed by atoms with van der Waals surface area (Å²) in [5.41, 5.74) is 1.13. The maximum absolute atomic E-state index is 12.1. The normalized spacial score (nSPS) is 18.2. The van der Waals surface area contributed by atoms with Crippen LogP contribution >= 0.6 is 11.3 Å². The summed E-state index contributed by atoms with van der Waals surface area (Å²) in [5.74, 6) is 1.45. The first-order valence-electron chi connectivity index (χ1n) is 8.39. The average molecular weight is 348 g/mol. The third kappa shape index (κ3) is 4.02. The molecule has 130 valence electrons. The Labute approximate surface area is 146 Å². The lowest BCUT2D eigenvalue weighted by Gasteiger charge is -2.26. The number of carbonyl (C=O) groups is 1. The first kappa shape index (κ1) is 17.1. The molecule has 7 heteroatoms. The minimum atomic E-state index is 0.0691. The van der Waals surface area contributed by atoms with E-state index in [1.165, 1.54) is 5.01 Å². The highest BCUT2D eigenvalue weighted by Crippen LogP contribution is 2.21. The van der Waals surface area contributed by atoms with Crippen molar-refractivity contribution >= 4 is 17.2 Å². The molecule has 0 spiro atoms. The molecule has 1 aliphatic heterocycles. The topological polar surface area (TPSA) is 62.5 Å². The molecule has 1 amide bonds. The molecule has 0 aromatic carbocycles. The monoisotopic (exact) mass is 348 g/mol. The van der Waals surface area contributed by atoms with Crippen molar-refractivity contribution in [1.82, 2.24) is 19.8 Å². The van der Waals surface area contributed by atoms with Crippen molar-refractivity contribution in [3.8, 4) is 0 Å². The van der Waals surface area contributed by atoms with Crippen LogP contribution < -0.4 is 0 Å². The predicted molar refractivity (Wildman–Crippen MR) is 92.6 cm³/mol. The lowest BCUT2D eigenvalue weighted by atomic mass is 10.2. The van der Waals surface area contributed by atoms with Crippen molar-refractivity contribution < 1.29 is 9.21 Å². The average Bonchev–Trinajstić information content (AvgIpc) is 3.26. The SMILES string of the molecule is CCc1nc(CN2CCC(N(Cc3ncc(C)o3)C(C)=O)C2)cs1.